The van der Waals surface area contributed by atoms with Gasteiger partial charge in [0, 0.05) is 43.8 Å². The van der Waals surface area contributed by atoms with Crippen molar-refractivity contribution in [3.8, 4) is 0 Å². The fraction of sp³-hybridized carbons (Fsp3) is 0.412. The molecule has 7 nitrogen and oxygen atoms in total. The summed E-state index contributed by atoms with van der Waals surface area (Å²) >= 11 is 0. The number of pyridine rings is 1. The number of nitrogens with two attached hydrogens (primary N) is 1. The summed E-state index contributed by atoms with van der Waals surface area (Å²) in [5, 5.41) is 0. The third-order valence-electron chi connectivity index (χ3n) is 4.64. The molecule has 0 saturated carbocycles. The van der Waals surface area contributed by atoms with E-state index in [1.165, 1.54) is 11.8 Å². The van der Waals surface area contributed by atoms with Crippen LogP contribution in [-0.4, -0.2) is 44.3 Å². The van der Waals surface area contributed by atoms with Crippen molar-refractivity contribution in [1.29, 1.82) is 0 Å². The molecule has 1 aliphatic heterocycles. The minimum Gasteiger partial charge on any atom is -0.363 e. The van der Waals surface area contributed by atoms with Crippen LogP contribution < -0.4 is 5.73 Å². The quantitative estimate of drug-likeness (QED) is 0.911. The van der Waals surface area contributed by atoms with Gasteiger partial charge in [-0.2, -0.15) is 0 Å². The standard InChI is InChI=1S/C17H21N5O2/c1-17(2,22-10-8-20-15(22)14(18)23)16(24)21-9-5-13(11-21)12-3-6-19-7-4-12/h3-4,6-8,10,13H,5,9,11H2,1-2H3,(H2,18,23). The summed E-state index contributed by atoms with van der Waals surface area (Å²) in [6, 6.07) is 3.98. The SMILES string of the molecule is CC(C)(C(=O)N1CCC(c2ccncc2)C1)n1ccnc1C(N)=O. The molecule has 0 spiro atoms. The first-order valence-electron chi connectivity index (χ1n) is 7.94. The van der Waals surface area contributed by atoms with Crippen LogP contribution in [0.5, 0.6) is 0 Å². The van der Waals surface area contributed by atoms with Crippen LogP contribution in [0.3, 0.4) is 0 Å². The number of primary amides is 1. The van der Waals surface area contributed by atoms with Gasteiger partial charge in [-0.15, -0.1) is 0 Å². The van der Waals surface area contributed by atoms with E-state index < -0.39 is 11.4 Å². The van der Waals surface area contributed by atoms with Gasteiger partial charge in [-0.25, -0.2) is 4.98 Å². The zero-order valence-corrected chi connectivity index (χ0v) is 13.8. The third-order valence-corrected chi connectivity index (χ3v) is 4.64. The highest BCUT2D eigenvalue weighted by atomic mass is 16.2. The van der Waals surface area contributed by atoms with Crippen LogP contribution in [0.25, 0.3) is 0 Å². The molecular formula is C17H21N5O2. The maximum atomic E-state index is 13.0. The number of carbonyl (C=O) groups is 2. The molecule has 1 fully saturated rings. The van der Waals surface area contributed by atoms with Crippen molar-refractivity contribution < 1.29 is 9.59 Å². The predicted octanol–water partition coefficient (Wildman–Crippen LogP) is 1.13. The minimum absolute atomic E-state index is 0.0421. The van der Waals surface area contributed by atoms with Gasteiger partial charge in [0.25, 0.3) is 5.91 Å². The lowest BCUT2D eigenvalue weighted by atomic mass is 9.99. The maximum Gasteiger partial charge on any atom is 0.284 e. The second kappa shape index (κ2) is 6.07. The van der Waals surface area contributed by atoms with Crippen molar-refractivity contribution in [1.82, 2.24) is 19.4 Å². The lowest BCUT2D eigenvalue weighted by molar-refractivity contribution is -0.138. The number of likely N-dealkylation sites (tertiary alicyclic amines) is 1. The highest BCUT2D eigenvalue weighted by Crippen LogP contribution is 2.30. The highest BCUT2D eigenvalue weighted by molar-refractivity contribution is 5.91. The van der Waals surface area contributed by atoms with Gasteiger partial charge in [-0.1, -0.05) is 0 Å². The Hall–Kier alpha value is -2.70. The molecule has 7 heteroatoms. The van der Waals surface area contributed by atoms with E-state index in [-0.39, 0.29) is 11.7 Å². The Morgan fingerprint density at radius 3 is 2.62 bits per heavy atom. The number of nitrogens with zero attached hydrogens (tertiary/aromatic N) is 4. The number of aromatic nitrogens is 3. The molecule has 2 aromatic heterocycles. The van der Waals surface area contributed by atoms with Crippen LogP contribution in [0.4, 0.5) is 0 Å². The molecular weight excluding hydrogens is 306 g/mol. The zero-order chi connectivity index (χ0) is 17.3. The summed E-state index contributed by atoms with van der Waals surface area (Å²) in [6.07, 6.45) is 7.56. The van der Waals surface area contributed by atoms with E-state index in [1.54, 1.807) is 37.0 Å². The molecule has 1 saturated heterocycles. The van der Waals surface area contributed by atoms with Gasteiger partial charge in [-0.3, -0.25) is 14.6 Å². The lowest BCUT2D eigenvalue weighted by Crippen LogP contribution is -2.47. The van der Waals surface area contributed by atoms with E-state index in [2.05, 4.69) is 9.97 Å². The molecule has 24 heavy (non-hydrogen) atoms. The Kier molecular flexibility index (Phi) is 4.09. The van der Waals surface area contributed by atoms with Gasteiger partial charge in [0.15, 0.2) is 5.82 Å². The predicted molar refractivity (Wildman–Crippen MR) is 88.2 cm³/mol. The van der Waals surface area contributed by atoms with Crippen molar-refractivity contribution >= 4 is 11.8 Å². The first-order valence-corrected chi connectivity index (χ1v) is 7.94. The number of amides is 2. The van der Waals surface area contributed by atoms with Gasteiger partial charge in [0.05, 0.1) is 0 Å². The number of carbonyl (C=O) groups excluding carboxylic acids is 2. The van der Waals surface area contributed by atoms with E-state index in [0.717, 1.165) is 6.42 Å². The topological polar surface area (TPSA) is 94.1 Å². The summed E-state index contributed by atoms with van der Waals surface area (Å²) in [6.45, 7) is 4.91. The van der Waals surface area contributed by atoms with E-state index in [9.17, 15) is 9.59 Å². The minimum atomic E-state index is -0.923. The number of hydrogen-bond donors (Lipinski definition) is 1. The largest absolute Gasteiger partial charge is 0.363 e. The Morgan fingerprint density at radius 2 is 1.96 bits per heavy atom. The van der Waals surface area contributed by atoms with E-state index in [1.807, 2.05) is 17.0 Å². The molecule has 3 rings (SSSR count). The number of hydrogen-bond acceptors (Lipinski definition) is 4. The van der Waals surface area contributed by atoms with E-state index >= 15 is 0 Å². The Morgan fingerprint density at radius 1 is 1.25 bits per heavy atom. The monoisotopic (exact) mass is 327 g/mol. The van der Waals surface area contributed by atoms with Gasteiger partial charge < -0.3 is 15.2 Å². The van der Waals surface area contributed by atoms with Crippen LogP contribution in [0.15, 0.2) is 36.9 Å². The van der Waals surface area contributed by atoms with Gasteiger partial charge in [-0.05, 0) is 38.0 Å². The van der Waals surface area contributed by atoms with E-state index in [0.29, 0.717) is 19.0 Å². The van der Waals surface area contributed by atoms with E-state index in [4.69, 9.17) is 5.73 Å². The smallest absolute Gasteiger partial charge is 0.284 e. The lowest BCUT2D eigenvalue weighted by Gasteiger charge is -2.31. The normalized spacial score (nSPS) is 17.9. The Bertz CT molecular complexity index is 753. The maximum absolute atomic E-state index is 13.0. The van der Waals surface area contributed by atoms with Crippen molar-refractivity contribution in [2.24, 2.45) is 5.73 Å². The average Bonchev–Trinajstić information content (AvgIpc) is 3.24. The van der Waals surface area contributed by atoms with Crippen molar-refractivity contribution in [3.63, 3.8) is 0 Å². The Labute approximate surface area is 140 Å². The fourth-order valence-electron chi connectivity index (χ4n) is 3.28. The molecule has 2 aromatic rings. The van der Waals surface area contributed by atoms with Gasteiger partial charge in [0.1, 0.15) is 5.54 Å². The molecule has 0 radical (unpaired) electrons. The molecule has 2 amide bonds. The zero-order valence-electron chi connectivity index (χ0n) is 13.8. The highest BCUT2D eigenvalue weighted by Gasteiger charge is 2.39. The molecule has 0 bridgehead atoms. The molecule has 0 aliphatic carbocycles. The van der Waals surface area contributed by atoms with Crippen molar-refractivity contribution in [3.05, 3.63) is 48.3 Å². The molecule has 1 aliphatic rings. The first kappa shape index (κ1) is 16.2. The summed E-state index contributed by atoms with van der Waals surface area (Å²) < 4.78 is 1.55. The summed E-state index contributed by atoms with van der Waals surface area (Å²) in [5.74, 6) is -0.277. The first-order chi connectivity index (χ1) is 11.4. The van der Waals surface area contributed by atoms with Crippen molar-refractivity contribution in [2.45, 2.75) is 31.7 Å². The molecule has 126 valence electrons. The van der Waals surface area contributed by atoms with Gasteiger partial charge >= 0.3 is 0 Å². The average molecular weight is 327 g/mol. The molecule has 1 unspecified atom stereocenters. The van der Waals surface area contributed by atoms with Crippen LogP contribution in [-0.2, 0) is 10.3 Å². The van der Waals surface area contributed by atoms with Gasteiger partial charge in [0.2, 0.25) is 5.91 Å². The Balaban J connectivity index is 1.79. The molecule has 0 aromatic carbocycles. The molecule has 2 N–H and O–H groups in total. The second-order valence-corrected chi connectivity index (χ2v) is 6.56. The summed E-state index contributed by atoms with van der Waals surface area (Å²) in [4.78, 5) is 34.4. The molecule has 3 heterocycles. The second-order valence-electron chi connectivity index (χ2n) is 6.56. The van der Waals surface area contributed by atoms with Crippen LogP contribution in [0, 0.1) is 0 Å². The summed E-state index contributed by atoms with van der Waals surface area (Å²) in [5.41, 5.74) is 5.62. The van der Waals surface area contributed by atoms with Crippen LogP contribution in [0.1, 0.15) is 42.4 Å². The van der Waals surface area contributed by atoms with Crippen molar-refractivity contribution in [2.75, 3.05) is 13.1 Å². The van der Waals surface area contributed by atoms with Crippen LogP contribution >= 0.6 is 0 Å². The number of rotatable bonds is 4. The van der Waals surface area contributed by atoms with Crippen LogP contribution in [0.2, 0.25) is 0 Å². The molecule has 1 atom stereocenters. The summed E-state index contributed by atoms with van der Waals surface area (Å²) in [7, 11) is 0. The fourth-order valence-corrected chi connectivity index (χ4v) is 3.28. The third kappa shape index (κ3) is 2.77. The number of imidazole rings is 1.